The summed E-state index contributed by atoms with van der Waals surface area (Å²) in [4.78, 5) is 0.148. The summed E-state index contributed by atoms with van der Waals surface area (Å²) in [5.41, 5.74) is 1.39. The lowest BCUT2D eigenvalue weighted by molar-refractivity contribution is 0.443. The van der Waals surface area contributed by atoms with Gasteiger partial charge in [-0.05, 0) is 36.6 Å². The van der Waals surface area contributed by atoms with Gasteiger partial charge in [-0.15, -0.1) is 0 Å². The van der Waals surface area contributed by atoms with Crippen LogP contribution < -0.4 is 4.72 Å². The van der Waals surface area contributed by atoms with Crippen LogP contribution in [0.2, 0.25) is 0 Å². The number of aryl methyl sites for hydroxylation is 1. The monoisotopic (exact) mass is 393 g/mol. The van der Waals surface area contributed by atoms with Crippen LogP contribution in [0, 0.1) is 6.92 Å². The van der Waals surface area contributed by atoms with Crippen molar-refractivity contribution in [3.05, 3.63) is 95.9 Å². The molecule has 0 fully saturated rings. The second-order valence-corrected chi connectivity index (χ2v) is 8.32. The van der Waals surface area contributed by atoms with E-state index in [1.807, 2.05) is 31.2 Å². The number of hydrogen-bond donors (Lipinski definition) is 2. The number of hydrogen-bond acceptors (Lipinski definition) is 4. The fraction of sp³-hybridized carbons (Fsp3) is 0.0909. The first kappa shape index (κ1) is 18.3. The van der Waals surface area contributed by atoms with E-state index in [0.29, 0.717) is 16.7 Å². The summed E-state index contributed by atoms with van der Waals surface area (Å²) in [6, 6.07) is 20.0. The zero-order chi connectivity index (χ0) is 19.7. The molecule has 6 heteroatoms. The molecule has 0 amide bonds. The summed E-state index contributed by atoms with van der Waals surface area (Å²) in [7, 11) is -3.84. The quantitative estimate of drug-likeness (QED) is 0.523. The number of fused-ring (bicyclic) bond motifs is 1. The first-order valence-corrected chi connectivity index (χ1v) is 10.3. The maximum Gasteiger partial charge on any atom is 0.241 e. The van der Waals surface area contributed by atoms with E-state index in [-0.39, 0.29) is 10.6 Å². The van der Waals surface area contributed by atoms with Gasteiger partial charge in [0.2, 0.25) is 10.0 Å². The first-order chi connectivity index (χ1) is 13.5. The molecule has 3 aromatic carbocycles. The number of nitrogens with one attached hydrogen (secondary N) is 1. The molecular formula is C22H19NO4S. The Kier molecular flexibility index (Phi) is 4.66. The van der Waals surface area contributed by atoms with E-state index < -0.39 is 16.1 Å². The standard InChI is InChI=1S/C22H19NO4S/c1-15-8-11-17(12-9-15)28(25,26)23-21(20-7-4-14-27-20)19-13-10-16-5-2-3-6-18(16)22(19)24/h2-14,21,23-24H,1H3/t21-/m0/s1. The Balaban J connectivity index is 1.81. The lowest BCUT2D eigenvalue weighted by Crippen LogP contribution is -2.29. The molecule has 0 aliphatic heterocycles. The third kappa shape index (κ3) is 3.40. The van der Waals surface area contributed by atoms with Gasteiger partial charge in [0.15, 0.2) is 0 Å². The van der Waals surface area contributed by atoms with Crippen molar-refractivity contribution in [3.8, 4) is 5.75 Å². The van der Waals surface area contributed by atoms with Crippen molar-refractivity contribution in [2.24, 2.45) is 0 Å². The van der Waals surface area contributed by atoms with E-state index in [2.05, 4.69) is 4.72 Å². The Morgan fingerprint density at radius 1 is 0.929 bits per heavy atom. The van der Waals surface area contributed by atoms with Crippen LogP contribution >= 0.6 is 0 Å². The molecule has 4 rings (SSSR count). The van der Waals surface area contributed by atoms with Gasteiger partial charge in [-0.3, -0.25) is 0 Å². The highest BCUT2D eigenvalue weighted by Gasteiger charge is 2.27. The number of aromatic hydroxyl groups is 1. The number of sulfonamides is 1. The molecule has 142 valence electrons. The van der Waals surface area contributed by atoms with Crippen LogP contribution in [0.25, 0.3) is 10.8 Å². The van der Waals surface area contributed by atoms with Gasteiger partial charge in [0.05, 0.1) is 11.2 Å². The molecule has 0 unspecified atom stereocenters. The molecule has 0 aliphatic rings. The molecular weight excluding hydrogens is 374 g/mol. The summed E-state index contributed by atoms with van der Waals surface area (Å²) in [6.07, 6.45) is 1.47. The third-order valence-corrected chi connectivity index (χ3v) is 6.11. The molecule has 2 N–H and O–H groups in total. The third-order valence-electron chi connectivity index (χ3n) is 4.67. The molecule has 1 atom stereocenters. The van der Waals surface area contributed by atoms with E-state index in [1.54, 1.807) is 48.5 Å². The van der Waals surface area contributed by atoms with Crippen LogP contribution in [0.5, 0.6) is 5.75 Å². The van der Waals surface area contributed by atoms with E-state index >= 15 is 0 Å². The highest BCUT2D eigenvalue weighted by atomic mass is 32.2. The van der Waals surface area contributed by atoms with Crippen molar-refractivity contribution in [1.82, 2.24) is 4.72 Å². The fourth-order valence-electron chi connectivity index (χ4n) is 3.18. The predicted molar refractivity (Wildman–Crippen MR) is 108 cm³/mol. The van der Waals surface area contributed by atoms with Gasteiger partial charge in [0.25, 0.3) is 0 Å². The van der Waals surface area contributed by atoms with Gasteiger partial charge in [0, 0.05) is 10.9 Å². The molecule has 4 aromatic rings. The molecule has 1 aromatic heterocycles. The normalized spacial score (nSPS) is 12.9. The van der Waals surface area contributed by atoms with Crippen LogP contribution in [-0.4, -0.2) is 13.5 Å². The van der Waals surface area contributed by atoms with E-state index in [0.717, 1.165) is 10.9 Å². The summed E-state index contributed by atoms with van der Waals surface area (Å²) < 4.78 is 34.1. The summed E-state index contributed by atoms with van der Waals surface area (Å²) in [5.74, 6) is 0.410. The molecule has 28 heavy (non-hydrogen) atoms. The largest absolute Gasteiger partial charge is 0.507 e. The fourth-order valence-corrected chi connectivity index (χ4v) is 4.36. The van der Waals surface area contributed by atoms with Gasteiger partial charge in [-0.25, -0.2) is 8.42 Å². The first-order valence-electron chi connectivity index (χ1n) is 8.79. The number of phenols is 1. The molecule has 1 heterocycles. The highest BCUT2D eigenvalue weighted by molar-refractivity contribution is 7.89. The second kappa shape index (κ2) is 7.14. The maximum atomic E-state index is 13.0. The SMILES string of the molecule is Cc1ccc(S(=O)(=O)N[C@H](c2ccco2)c2ccc3ccccc3c2O)cc1. The van der Waals surface area contributed by atoms with Gasteiger partial charge < -0.3 is 9.52 Å². The maximum absolute atomic E-state index is 13.0. The Bertz CT molecular complexity index is 1210. The smallest absolute Gasteiger partial charge is 0.241 e. The van der Waals surface area contributed by atoms with Crippen LogP contribution in [0.4, 0.5) is 0 Å². The zero-order valence-electron chi connectivity index (χ0n) is 15.2. The van der Waals surface area contributed by atoms with Crippen LogP contribution in [-0.2, 0) is 10.0 Å². The molecule has 5 nitrogen and oxygen atoms in total. The Morgan fingerprint density at radius 2 is 1.68 bits per heavy atom. The van der Waals surface area contributed by atoms with Crippen molar-refractivity contribution in [3.63, 3.8) is 0 Å². The Labute approximate surface area is 163 Å². The lowest BCUT2D eigenvalue weighted by Gasteiger charge is -2.19. The second-order valence-electron chi connectivity index (χ2n) is 6.61. The van der Waals surface area contributed by atoms with Crippen molar-refractivity contribution in [2.75, 3.05) is 0 Å². The summed E-state index contributed by atoms with van der Waals surface area (Å²) >= 11 is 0. The molecule has 0 spiro atoms. The molecule has 0 saturated heterocycles. The number of furan rings is 1. The average molecular weight is 393 g/mol. The summed E-state index contributed by atoms with van der Waals surface area (Å²) in [6.45, 7) is 1.89. The van der Waals surface area contributed by atoms with Crippen molar-refractivity contribution in [2.45, 2.75) is 17.9 Å². The van der Waals surface area contributed by atoms with E-state index in [1.165, 1.54) is 6.26 Å². The molecule has 0 saturated carbocycles. The van der Waals surface area contributed by atoms with Crippen molar-refractivity contribution in [1.29, 1.82) is 0 Å². The topological polar surface area (TPSA) is 79.5 Å². The summed E-state index contributed by atoms with van der Waals surface area (Å²) in [5, 5.41) is 12.4. The minimum atomic E-state index is -3.84. The van der Waals surface area contributed by atoms with Gasteiger partial charge in [0.1, 0.15) is 17.6 Å². The van der Waals surface area contributed by atoms with Crippen LogP contribution in [0.15, 0.2) is 88.4 Å². The molecule has 0 bridgehead atoms. The predicted octanol–water partition coefficient (Wildman–Crippen LogP) is 4.51. The van der Waals surface area contributed by atoms with E-state index in [4.69, 9.17) is 4.42 Å². The Morgan fingerprint density at radius 3 is 2.39 bits per heavy atom. The number of phenolic OH excluding ortho intramolecular Hbond substituents is 1. The minimum absolute atomic E-state index is 0.0195. The number of rotatable bonds is 5. The number of benzene rings is 3. The van der Waals surface area contributed by atoms with Gasteiger partial charge in [-0.1, -0.05) is 54.1 Å². The molecule has 0 aliphatic carbocycles. The van der Waals surface area contributed by atoms with Crippen LogP contribution in [0.1, 0.15) is 22.9 Å². The van der Waals surface area contributed by atoms with E-state index in [9.17, 15) is 13.5 Å². The highest BCUT2D eigenvalue weighted by Crippen LogP contribution is 2.36. The van der Waals surface area contributed by atoms with Crippen molar-refractivity contribution >= 4 is 20.8 Å². The van der Waals surface area contributed by atoms with Gasteiger partial charge in [-0.2, -0.15) is 4.72 Å². The lowest BCUT2D eigenvalue weighted by atomic mass is 9.99. The zero-order valence-corrected chi connectivity index (χ0v) is 16.0. The van der Waals surface area contributed by atoms with Crippen LogP contribution in [0.3, 0.4) is 0 Å². The molecule has 0 radical (unpaired) electrons. The average Bonchev–Trinajstić information content (AvgIpc) is 3.22. The minimum Gasteiger partial charge on any atom is -0.507 e. The Hall–Kier alpha value is -3.09. The van der Waals surface area contributed by atoms with Crippen molar-refractivity contribution < 1.29 is 17.9 Å². The van der Waals surface area contributed by atoms with Gasteiger partial charge >= 0.3 is 0 Å².